The molecule has 3 rings (SSSR count). The maximum Gasteiger partial charge on any atom is 0.230 e. The molecule has 2 aromatic rings. The average molecular weight is 362 g/mol. The number of likely N-dealkylation sites (tertiary alicyclic amines) is 1. The number of hydrogen-bond donors (Lipinski definition) is 0. The topological polar surface area (TPSA) is 59.2 Å². The molecule has 1 aromatic carbocycles. The zero-order valence-corrected chi connectivity index (χ0v) is 15.3. The van der Waals surface area contributed by atoms with Gasteiger partial charge in [0.2, 0.25) is 17.6 Å². The van der Waals surface area contributed by atoms with Crippen molar-refractivity contribution in [1.29, 1.82) is 0 Å². The lowest BCUT2D eigenvalue weighted by Gasteiger charge is -2.30. The molecule has 1 saturated heterocycles. The first-order valence-corrected chi connectivity index (χ1v) is 9.42. The highest BCUT2D eigenvalue weighted by molar-refractivity contribution is 6.30. The Balaban J connectivity index is 1.55. The van der Waals surface area contributed by atoms with Gasteiger partial charge in [-0.3, -0.25) is 4.79 Å². The van der Waals surface area contributed by atoms with Crippen LogP contribution in [0.1, 0.15) is 57.3 Å². The van der Waals surface area contributed by atoms with Gasteiger partial charge < -0.3 is 9.42 Å². The van der Waals surface area contributed by atoms with Gasteiger partial charge in [0.25, 0.3) is 0 Å². The first-order valence-electron chi connectivity index (χ1n) is 9.04. The Hall–Kier alpha value is -1.88. The molecule has 6 heteroatoms. The van der Waals surface area contributed by atoms with Gasteiger partial charge in [0.15, 0.2) is 0 Å². The van der Waals surface area contributed by atoms with E-state index in [1.54, 1.807) is 0 Å². The lowest BCUT2D eigenvalue weighted by Crippen LogP contribution is -2.37. The molecule has 0 radical (unpaired) electrons. The van der Waals surface area contributed by atoms with Gasteiger partial charge in [-0.1, -0.05) is 36.5 Å². The Morgan fingerprint density at radius 2 is 1.96 bits per heavy atom. The molecular formula is C19H24ClN3O2. The zero-order valence-electron chi connectivity index (χ0n) is 14.6. The number of halogens is 1. The molecule has 0 spiro atoms. The van der Waals surface area contributed by atoms with Gasteiger partial charge >= 0.3 is 0 Å². The number of piperidine rings is 1. The van der Waals surface area contributed by atoms with Crippen LogP contribution in [0.15, 0.2) is 28.8 Å². The van der Waals surface area contributed by atoms with Crippen LogP contribution >= 0.6 is 11.6 Å². The molecule has 0 unspecified atom stereocenters. The fourth-order valence-corrected chi connectivity index (χ4v) is 3.30. The Labute approximate surface area is 153 Å². The summed E-state index contributed by atoms with van der Waals surface area (Å²) in [5.74, 6) is 1.76. The van der Waals surface area contributed by atoms with Gasteiger partial charge in [0.1, 0.15) is 0 Å². The predicted octanol–water partition coefficient (Wildman–Crippen LogP) is 4.68. The van der Waals surface area contributed by atoms with E-state index in [4.69, 9.17) is 16.1 Å². The maximum atomic E-state index is 12.2. The molecule has 25 heavy (non-hydrogen) atoms. The van der Waals surface area contributed by atoms with Crippen LogP contribution in [0, 0.1) is 0 Å². The van der Waals surface area contributed by atoms with Crippen molar-refractivity contribution >= 4 is 17.5 Å². The van der Waals surface area contributed by atoms with Crippen molar-refractivity contribution in [2.45, 2.75) is 51.4 Å². The quantitative estimate of drug-likeness (QED) is 0.701. The number of amides is 1. The van der Waals surface area contributed by atoms with Crippen molar-refractivity contribution < 1.29 is 9.32 Å². The lowest BCUT2D eigenvalue weighted by atomic mass is 9.96. The summed E-state index contributed by atoms with van der Waals surface area (Å²) in [7, 11) is 0. The fraction of sp³-hybridized carbons (Fsp3) is 0.526. The van der Waals surface area contributed by atoms with E-state index in [9.17, 15) is 4.79 Å². The number of hydrogen-bond acceptors (Lipinski definition) is 4. The maximum absolute atomic E-state index is 12.2. The molecule has 0 atom stereocenters. The molecule has 1 aliphatic rings. The Kier molecular flexibility index (Phi) is 6.08. The van der Waals surface area contributed by atoms with Crippen molar-refractivity contribution in [3.05, 3.63) is 35.2 Å². The molecule has 1 fully saturated rings. The van der Waals surface area contributed by atoms with Crippen LogP contribution in [0.2, 0.25) is 5.02 Å². The molecule has 0 aliphatic carbocycles. The Morgan fingerprint density at radius 1 is 1.24 bits per heavy atom. The largest absolute Gasteiger partial charge is 0.343 e. The van der Waals surface area contributed by atoms with Crippen LogP contribution in [0.25, 0.3) is 11.4 Å². The highest BCUT2D eigenvalue weighted by atomic mass is 35.5. The first kappa shape index (κ1) is 17.9. The van der Waals surface area contributed by atoms with Crippen LogP contribution in [0.5, 0.6) is 0 Å². The minimum Gasteiger partial charge on any atom is -0.343 e. The number of unbranched alkanes of at least 4 members (excludes halogenated alkanes) is 2. The summed E-state index contributed by atoms with van der Waals surface area (Å²) in [6.07, 6.45) is 5.67. The summed E-state index contributed by atoms with van der Waals surface area (Å²) in [6, 6.07) is 7.40. The summed E-state index contributed by atoms with van der Waals surface area (Å²) in [4.78, 5) is 18.7. The van der Waals surface area contributed by atoms with Crippen molar-refractivity contribution in [2.24, 2.45) is 0 Å². The number of rotatable bonds is 6. The first-order chi connectivity index (χ1) is 12.2. The van der Waals surface area contributed by atoms with Crippen LogP contribution in [-0.2, 0) is 4.79 Å². The third-order valence-electron chi connectivity index (χ3n) is 4.74. The van der Waals surface area contributed by atoms with Gasteiger partial charge in [-0.15, -0.1) is 0 Å². The highest BCUT2D eigenvalue weighted by Crippen LogP contribution is 2.29. The molecule has 134 valence electrons. The van der Waals surface area contributed by atoms with Crippen LogP contribution in [0.4, 0.5) is 0 Å². The number of aromatic nitrogens is 2. The lowest BCUT2D eigenvalue weighted by molar-refractivity contribution is -0.132. The van der Waals surface area contributed by atoms with Crippen LogP contribution < -0.4 is 0 Å². The van der Waals surface area contributed by atoms with Gasteiger partial charge in [-0.2, -0.15) is 4.98 Å². The van der Waals surface area contributed by atoms with Gasteiger partial charge in [-0.25, -0.2) is 0 Å². The number of carbonyl (C=O) groups excluding carboxylic acids is 1. The van der Waals surface area contributed by atoms with Crippen molar-refractivity contribution in [1.82, 2.24) is 15.0 Å². The zero-order chi connectivity index (χ0) is 17.6. The van der Waals surface area contributed by atoms with E-state index in [0.717, 1.165) is 50.8 Å². The standard InChI is InChI=1S/C19H24ClN3O2/c1-2-3-4-5-17(24)23-12-10-15(11-13-23)19-21-18(22-25-19)14-6-8-16(20)9-7-14/h6-9,15H,2-5,10-13H2,1H3. The molecular weight excluding hydrogens is 338 g/mol. The van der Waals surface area contributed by atoms with Gasteiger partial charge in [0, 0.05) is 36.0 Å². The minimum atomic E-state index is 0.230. The summed E-state index contributed by atoms with van der Waals surface area (Å²) in [5, 5.41) is 4.77. The molecule has 0 bridgehead atoms. The number of benzene rings is 1. The van der Waals surface area contributed by atoms with Crippen LogP contribution in [0.3, 0.4) is 0 Å². The van der Waals surface area contributed by atoms with Crippen molar-refractivity contribution in [3.63, 3.8) is 0 Å². The van der Waals surface area contributed by atoms with Crippen molar-refractivity contribution in [2.75, 3.05) is 13.1 Å². The van der Waals surface area contributed by atoms with Gasteiger partial charge in [0.05, 0.1) is 0 Å². The van der Waals surface area contributed by atoms with Crippen molar-refractivity contribution in [3.8, 4) is 11.4 Å². The molecule has 2 heterocycles. The minimum absolute atomic E-state index is 0.230. The molecule has 1 amide bonds. The van der Waals surface area contributed by atoms with E-state index < -0.39 is 0 Å². The van der Waals surface area contributed by atoms with Gasteiger partial charge in [-0.05, 0) is 43.5 Å². The molecule has 1 aliphatic heterocycles. The number of nitrogens with zero attached hydrogens (tertiary/aromatic N) is 3. The highest BCUT2D eigenvalue weighted by Gasteiger charge is 2.27. The third-order valence-corrected chi connectivity index (χ3v) is 4.99. The smallest absolute Gasteiger partial charge is 0.230 e. The fourth-order valence-electron chi connectivity index (χ4n) is 3.18. The molecule has 1 aromatic heterocycles. The summed E-state index contributed by atoms with van der Waals surface area (Å²) in [5.41, 5.74) is 0.892. The molecule has 5 nitrogen and oxygen atoms in total. The summed E-state index contributed by atoms with van der Waals surface area (Å²) < 4.78 is 5.47. The summed E-state index contributed by atoms with van der Waals surface area (Å²) >= 11 is 5.91. The van der Waals surface area contributed by atoms with E-state index in [0.29, 0.717) is 23.2 Å². The van der Waals surface area contributed by atoms with E-state index in [1.165, 1.54) is 0 Å². The Bertz CT molecular complexity index is 691. The monoisotopic (exact) mass is 361 g/mol. The van der Waals surface area contributed by atoms with E-state index in [2.05, 4.69) is 17.1 Å². The second kappa shape index (κ2) is 8.48. The molecule has 0 saturated carbocycles. The van der Waals surface area contributed by atoms with Crippen LogP contribution in [-0.4, -0.2) is 34.0 Å². The Morgan fingerprint density at radius 3 is 2.64 bits per heavy atom. The molecule has 0 N–H and O–H groups in total. The second-order valence-electron chi connectivity index (χ2n) is 6.58. The SMILES string of the molecule is CCCCCC(=O)N1CCC(c2nc(-c3ccc(Cl)cc3)no2)CC1. The second-order valence-corrected chi connectivity index (χ2v) is 7.01. The normalized spacial score (nSPS) is 15.5. The number of carbonyl (C=O) groups is 1. The average Bonchev–Trinajstić information content (AvgIpc) is 3.13. The third kappa shape index (κ3) is 4.60. The predicted molar refractivity (Wildman–Crippen MR) is 97.4 cm³/mol. The van der Waals surface area contributed by atoms with E-state index >= 15 is 0 Å². The van der Waals surface area contributed by atoms with E-state index in [1.807, 2.05) is 29.2 Å². The van der Waals surface area contributed by atoms with E-state index in [-0.39, 0.29) is 11.8 Å². The summed E-state index contributed by atoms with van der Waals surface area (Å²) in [6.45, 7) is 3.70.